The zero-order chi connectivity index (χ0) is 39.9. The summed E-state index contributed by atoms with van der Waals surface area (Å²) in [5.74, 6) is 1.53. The Kier molecular flexibility index (Phi) is 38.5. The molecule has 0 rings (SSSR count). The van der Waals surface area contributed by atoms with Crippen LogP contribution in [0.4, 0.5) is 0 Å². The second-order valence-corrected chi connectivity index (χ2v) is 17.8. The third kappa shape index (κ3) is 41.6. The highest BCUT2D eigenvalue weighted by molar-refractivity contribution is 5.71. The van der Waals surface area contributed by atoms with Crippen LogP contribution in [-0.4, -0.2) is 37.2 Å². The molecule has 54 heavy (non-hydrogen) atoms. The molecule has 0 aromatic carbocycles. The number of hydrogen-bond acceptors (Lipinski definition) is 6. The molecule has 0 saturated carbocycles. The van der Waals surface area contributed by atoms with Crippen molar-refractivity contribution in [3.05, 3.63) is 0 Å². The summed E-state index contributed by atoms with van der Waals surface area (Å²) in [6, 6.07) is 0. The van der Waals surface area contributed by atoms with Crippen LogP contribution in [0.1, 0.15) is 253 Å². The van der Waals surface area contributed by atoms with Gasteiger partial charge in [0, 0.05) is 19.3 Å². The predicted molar refractivity (Wildman–Crippen MR) is 229 cm³/mol. The monoisotopic (exact) mass is 765 g/mol. The largest absolute Gasteiger partial charge is 0.462 e. The zero-order valence-electron chi connectivity index (χ0n) is 37.0. The van der Waals surface area contributed by atoms with Crippen molar-refractivity contribution in [1.29, 1.82) is 0 Å². The third-order valence-corrected chi connectivity index (χ3v) is 10.6. The Morgan fingerprint density at radius 3 is 0.796 bits per heavy atom. The smallest absolute Gasteiger partial charge is 0.306 e. The summed E-state index contributed by atoms with van der Waals surface area (Å²) in [7, 11) is 0. The Hall–Kier alpha value is -1.59. The normalized spacial score (nSPS) is 12.2. The number of hydrogen-bond donors (Lipinski definition) is 0. The van der Waals surface area contributed by atoms with Crippen molar-refractivity contribution < 1.29 is 28.6 Å². The van der Waals surface area contributed by atoms with Gasteiger partial charge in [-0.05, 0) is 37.0 Å². The molecule has 0 spiro atoms. The van der Waals surface area contributed by atoms with Crippen LogP contribution in [0, 0.1) is 17.8 Å². The Bertz CT molecular complexity index is 837. The molecule has 0 heterocycles. The van der Waals surface area contributed by atoms with Crippen molar-refractivity contribution in [1.82, 2.24) is 0 Å². The van der Waals surface area contributed by atoms with Crippen LogP contribution in [0.3, 0.4) is 0 Å². The predicted octanol–water partition coefficient (Wildman–Crippen LogP) is 14.8. The Morgan fingerprint density at radius 1 is 0.315 bits per heavy atom. The fourth-order valence-corrected chi connectivity index (χ4v) is 7.06. The summed E-state index contributed by atoms with van der Waals surface area (Å²) < 4.78 is 16.7. The van der Waals surface area contributed by atoms with E-state index in [9.17, 15) is 14.4 Å². The maximum atomic E-state index is 12.7. The lowest BCUT2D eigenvalue weighted by Crippen LogP contribution is -2.30. The topological polar surface area (TPSA) is 78.9 Å². The number of ether oxygens (including phenoxy) is 3. The number of rotatable bonds is 41. The molecule has 0 aliphatic rings. The van der Waals surface area contributed by atoms with Crippen LogP contribution in [0.15, 0.2) is 0 Å². The molecule has 1 atom stereocenters. The van der Waals surface area contributed by atoms with Gasteiger partial charge < -0.3 is 14.2 Å². The molecule has 0 aromatic rings. The molecule has 6 nitrogen and oxygen atoms in total. The Morgan fingerprint density at radius 2 is 0.537 bits per heavy atom. The molecule has 320 valence electrons. The van der Waals surface area contributed by atoms with Crippen molar-refractivity contribution in [2.75, 3.05) is 13.2 Å². The van der Waals surface area contributed by atoms with E-state index in [-0.39, 0.29) is 31.1 Å². The van der Waals surface area contributed by atoms with Gasteiger partial charge >= 0.3 is 17.9 Å². The van der Waals surface area contributed by atoms with Crippen molar-refractivity contribution >= 4 is 17.9 Å². The minimum atomic E-state index is -0.762. The second kappa shape index (κ2) is 39.6. The van der Waals surface area contributed by atoms with Gasteiger partial charge in [-0.15, -0.1) is 0 Å². The molecule has 0 fully saturated rings. The zero-order valence-corrected chi connectivity index (χ0v) is 37.0. The van der Waals surface area contributed by atoms with Crippen LogP contribution in [0.5, 0.6) is 0 Å². The van der Waals surface area contributed by atoms with Gasteiger partial charge in [-0.3, -0.25) is 14.4 Å². The molecule has 0 unspecified atom stereocenters. The lowest BCUT2D eigenvalue weighted by molar-refractivity contribution is -0.167. The van der Waals surface area contributed by atoms with E-state index >= 15 is 0 Å². The molecular formula is C48H92O6. The molecule has 6 heteroatoms. The van der Waals surface area contributed by atoms with Crippen LogP contribution >= 0.6 is 0 Å². The lowest BCUT2D eigenvalue weighted by atomic mass is 10.0. The number of esters is 3. The Labute approximate surface area is 336 Å². The van der Waals surface area contributed by atoms with Crippen molar-refractivity contribution in [2.24, 2.45) is 17.8 Å². The minimum absolute atomic E-state index is 0.0665. The van der Waals surface area contributed by atoms with Crippen molar-refractivity contribution in [3.63, 3.8) is 0 Å². The fraction of sp³-hybridized carbons (Fsp3) is 0.938. The summed E-state index contributed by atoms with van der Waals surface area (Å²) >= 11 is 0. The van der Waals surface area contributed by atoms with Crippen molar-refractivity contribution in [3.8, 4) is 0 Å². The van der Waals surface area contributed by atoms with Gasteiger partial charge in [0.05, 0.1) is 0 Å². The van der Waals surface area contributed by atoms with Gasteiger partial charge in [0.15, 0.2) is 6.10 Å². The van der Waals surface area contributed by atoms with Crippen LogP contribution in [0.2, 0.25) is 0 Å². The standard InChI is InChI=1S/C48H92O6/c1-42(2)34-28-22-16-12-10-8-7-9-11-13-18-25-31-37-46(49)52-40-45(41-53-47(50)38-32-26-21-20-24-30-36-44(5)6)54-48(51)39-33-27-19-15-14-17-23-29-35-43(3)4/h42-45H,7-41H2,1-6H3/t45-/m1/s1. The van der Waals surface area contributed by atoms with Crippen LogP contribution < -0.4 is 0 Å². The van der Waals surface area contributed by atoms with E-state index in [2.05, 4.69) is 41.5 Å². The van der Waals surface area contributed by atoms with E-state index in [1.54, 1.807) is 0 Å². The minimum Gasteiger partial charge on any atom is -0.462 e. The van der Waals surface area contributed by atoms with Gasteiger partial charge in [-0.25, -0.2) is 0 Å². The summed E-state index contributed by atoms with van der Waals surface area (Å²) in [5.41, 5.74) is 0. The van der Waals surface area contributed by atoms with E-state index in [1.165, 1.54) is 135 Å². The molecule has 0 aliphatic heterocycles. The first kappa shape index (κ1) is 52.4. The molecular weight excluding hydrogens is 673 g/mol. The van der Waals surface area contributed by atoms with Gasteiger partial charge in [-0.2, -0.15) is 0 Å². The molecule has 0 radical (unpaired) electrons. The van der Waals surface area contributed by atoms with E-state index in [1.807, 2.05) is 0 Å². The highest BCUT2D eigenvalue weighted by Gasteiger charge is 2.19. The number of unbranched alkanes of at least 4 members (excludes halogenated alkanes) is 24. The molecule has 0 aromatic heterocycles. The highest BCUT2D eigenvalue weighted by Crippen LogP contribution is 2.17. The van der Waals surface area contributed by atoms with Crippen molar-refractivity contribution in [2.45, 2.75) is 260 Å². The van der Waals surface area contributed by atoms with Gasteiger partial charge in [0.1, 0.15) is 13.2 Å². The van der Waals surface area contributed by atoms with Crippen LogP contribution in [0.25, 0.3) is 0 Å². The highest BCUT2D eigenvalue weighted by atomic mass is 16.6. The Balaban J connectivity index is 4.28. The maximum Gasteiger partial charge on any atom is 0.306 e. The SMILES string of the molecule is CC(C)CCCCCCCCCCCCCCCC(=O)OC[C@H](COC(=O)CCCCCCCCC(C)C)OC(=O)CCCCCCCCCCC(C)C. The third-order valence-electron chi connectivity index (χ3n) is 10.6. The van der Waals surface area contributed by atoms with E-state index in [0.717, 1.165) is 75.5 Å². The number of carbonyl (C=O) groups excluding carboxylic acids is 3. The number of carbonyl (C=O) groups is 3. The summed E-state index contributed by atoms with van der Waals surface area (Å²) in [5, 5.41) is 0. The summed E-state index contributed by atoms with van der Waals surface area (Å²) in [6.07, 6.45) is 36.8. The molecule has 0 aliphatic carbocycles. The average molecular weight is 765 g/mol. The van der Waals surface area contributed by atoms with Crippen LogP contribution in [-0.2, 0) is 28.6 Å². The fourth-order valence-electron chi connectivity index (χ4n) is 7.06. The first-order valence-electron chi connectivity index (χ1n) is 23.6. The second-order valence-electron chi connectivity index (χ2n) is 17.8. The van der Waals surface area contributed by atoms with Gasteiger partial charge in [0.25, 0.3) is 0 Å². The first-order chi connectivity index (χ1) is 26.1. The summed E-state index contributed by atoms with van der Waals surface area (Å²) in [6.45, 7) is 13.6. The van der Waals surface area contributed by atoms with Gasteiger partial charge in [0.2, 0.25) is 0 Å². The van der Waals surface area contributed by atoms with Gasteiger partial charge in [-0.1, -0.05) is 215 Å². The summed E-state index contributed by atoms with van der Waals surface area (Å²) in [4.78, 5) is 37.7. The van der Waals surface area contributed by atoms with E-state index in [4.69, 9.17) is 14.2 Å². The quantitative estimate of drug-likeness (QED) is 0.0350. The molecule has 0 amide bonds. The average Bonchev–Trinajstić information content (AvgIpc) is 3.12. The maximum absolute atomic E-state index is 12.7. The van der Waals surface area contributed by atoms with E-state index < -0.39 is 6.10 Å². The van der Waals surface area contributed by atoms with E-state index in [0.29, 0.717) is 19.3 Å². The first-order valence-corrected chi connectivity index (χ1v) is 23.6. The molecule has 0 saturated heterocycles. The molecule has 0 bridgehead atoms. The lowest BCUT2D eigenvalue weighted by Gasteiger charge is -2.18. The molecule has 0 N–H and O–H groups in total.